The normalized spacial score (nSPS) is 10.3. The Kier molecular flexibility index (Phi) is 3.03. The molecular formula is C10H7F3O. The first-order valence-corrected chi connectivity index (χ1v) is 3.80. The number of ether oxygens (including phenoxy) is 1. The fraction of sp³-hybridized carbons (Fsp3) is 0.200. The highest BCUT2D eigenvalue weighted by molar-refractivity contribution is 5.37. The van der Waals surface area contributed by atoms with Crippen molar-refractivity contribution in [1.82, 2.24) is 0 Å². The van der Waals surface area contributed by atoms with E-state index in [4.69, 9.17) is 0 Å². The lowest BCUT2D eigenvalue weighted by Gasteiger charge is -2.07. The van der Waals surface area contributed by atoms with Crippen LogP contribution in [0.5, 0.6) is 5.75 Å². The van der Waals surface area contributed by atoms with Gasteiger partial charge in [-0.2, -0.15) is 0 Å². The molecule has 1 aromatic rings. The Morgan fingerprint density at radius 2 is 1.71 bits per heavy atom. The maximum absolute atomic E-state index is 11.7. The van der Waals surface area contributed by atoms with Crippen LogP contribution >= 0.6 is 0 Å². The summed E-state index contributed by atoms with van der Waals surface area (Å²) in [6, 6.07) is 5.40. The zero-order valence-electron chi connectivity index (χ0n) is 7.35. The van der Waals surface area contributed by atoms with Gasteiger partial charge in [-0.05, 0) is 31.2 Å². The van der Waals surface area contributed by atoms with Gasteiger partial charge < -0.3 is 4.74 Å². The summed E-state index contributed by atoms with van der Waals surface area (Å²) in [6.45, 7) is 1.65. The largest absolute Gasteiger partial charge is 0.573 e. The number of hydrogen-bond donors (Lipinski definition) is 0. The number of benzene rings is 1. The maximum atomic E-state index is 11.7. The molecular weight excluding hydrogens is 193 g/mol. The minimum Gasteiger partial charge on any atom is -0.406 e. The van der Waals surface area contributed by atoms with E-state index in [2.05, 4.69) is 16.6 Å². The van der Waals surface area contributed by atoms with E-state index < -0.39 is 6.36 Å². The molecule has 74 valence electrons. The van der Waals surface area contributed by atoms with Crippen molar-refractivity contribution in [2.24, 2.45) is 0 Å². The van der Waals surface area contributed by atoms with Crippen molar-refractivity contribution in [3.63, 3.8) is 0 Å². The lowest BCUT2D eigenvalue weighted by atomic mass is 10.2. The van der Waals surface area contributed by atoms with E-state index in [1.165, 1.54) is 24.3 Å². The van der Waals surface area contributed by atoms with E-state index in [-0.39, 0.29) is 5.75 Å². The predicted octanol–water partition coefficient (Wildman–Crippen LogP) is 2.96. The Hall–Kier alpha value is -1.63. The van der Waals surface area contributed by atoms with Crippen LogP contribution < -0.4 is 4.74 Å². The molecule has 1 rings (SSSR count). The molecule has 4 heteroatoms. The number of halogens is 3. The summed E-state index contributed by atoms with van der Waals surface area (Å²) < 4.78 is 38.9. The first kappa shape index (κ1) is 10.5. The third kappa shape index (κ3) is 3.40. The summed E-state index contributed by atoms with van der Waals surface area (Å²) in [6.07, 6.45) is -4.64. The van der Waals surface area contributed by atoms with Gasteiger partial charge in [-0.1, -0.05) is 5.92 Å². The van der Waals surface area contributed by atoms with Crippen LogP contribution in [-0.4, -0.2) is 6.36 Å². The highest BCUT2D eigenvalue weighted by Crippen LogP contribution is 2.22. The zero-order valence-corrected chi connectivity index (χ0v) is 7.35. The summed E-state index contributed by atoms with van der Waals surface area (Å²) in [4.78, 5) is 0. The third-order valence-electron chi connectivity index (χ3n) is 1.36. The molecule has 0 aliphatic heterocycles. The molecule has 1 aromatic carbocycles. The molecule has 1 nitrogen and oxygen atoms in total. The summed E-state index contributed by atoms with van der Waals surface area (Å²) in [5.41, 5.74) is 0.655. The number of rotatable bonds is 1. The molecule has 0 unspecified atom stereocenters. The van der Waals surface area contributed by atoms with E-state index in [1.54, 1.807) is 6.92 Å². The molecule has 0 saturated carbocycles. The standard InChI is InChI=1S/C10H7F3O/c1-2-3-8-4-6-9(7-5-8)14-10(11,12)13/h4-7H,1H3. The van der Waals surface area contributed by atoms with Crippen molar-refractivity contribution in [1.29, 1.82) is 0 Å². The minimum absolute atomic E-state index is 0.237. The van der Waals surface area contributed by atoms with Gasteiger partial charge in [-0.15, -0.1) is 19.1 Å². The Morgan fingerprint density at radius 1 is 1.14 bits per heavy atom. The van der Waals surface area contributed by atoms with E-state index in [0.29, 0.717) is 5.56 Å². The average molecular weight is 200 g/mol. The third-order valence-corrected chi connectivity index (χ3v) is 1.36. The highest BCUT2D eigenvalue weighted by atomic mass is 19.4. The average Bonchev–Trinajstić information content (AvgIpc) is 2.06. The van der Waals surface area contributed by atoms with Crippen molar-refractivity contribution < 1.29 is 17.9 Å². The Bertz CT molecular complexity index is 354. The Labute approximate surface area is 79.5 Å². The monoisotopic (exact) mass is 200 g/mol. The molecule has 0 bridgehead atoms. The molecule has 0 amide bonds. The van der Waals surface area contributed by atoms with Gasteiger partial charge in [0.1, 0.15) is 5.75 Å². The molecule has 0 heterocycles. The molecule has 0 atom stereocenters. The molecule has 14 heavy (non-hydrogen) atoms. The van der Waals surface area contributed by atoms with Gasteiger partial charge >= 0.3 is 6.36 Å². The molecule has 0 fully saturated rings. The number of alkyl halides is 3. The molecule has 0 saturated heterocycles. The van der Waals surface area contributed by atoms with Crippen LogP contribution in [-0.2, 0) is 0 Å². The molecule has 0 spiro atoms. The van der Waals surface area contributed by atoms with Crippen LogP contribution in [0.2, 0.25) is 0 Å². The van der Waals surface area contributed by atoms with Gasteiger partial charge in [0.25, 0.3) is 0 Å². The van der Waals surface area contributed by atoms with E-state index in [1.807, 2.05) is 0 Å². The molecule has 0 aliphatic carbocycles. The summed E-state index contributed by atoms with van der Waals surface area (Å²) in [5.74, 6) is 5.11. The van der Waals surface area contributed by atoms with Crippen molar-refractivity contribution in [2.75, 3.05) is 0 Å². The quantitative estimate of drug-likeness (QED) is 0.633. The fourth-order valence-electron chi connectivity index (χ4n) is 0.884. The van der Waals surface area contributed by atoms with Crippen LogP contribution in [0, 0.1) is 11.8 Å². The smallest absolute Gasteiger partial charge is 0.406 e. The van der Waals surface area contributed by atoms with E-state index in [0.717, 1.165) is 0 Å². The van der Waals surface area contributed by atoms with Crippen molar-refractivity contribution in [2.45, 2.75) is 13.3 Å². The zero-order chi connectivity index (χ0) is 10.6. The first-order valence-electron chi connectivity index (χ1n) is 3.80. The SMILES string of the molecule is CC#Cc1ccc(OC(F)(F)F)cc1. The Morgan fingerprint density at radius 3 is 2.14 bits per heavy atom. The van der Waals surface area contributed by atoms with Gasteiger partial charge in [0.2, 0.25) is 0 Å². The van der Waals surface area contributed by atoms with Crippen LogP contribution in [0.1, 0.15) is 12.5 Å². The second-order valence-corrected chi connectivity index (χ2v) is 2.45. The van der Waals surface area contributed by atoms with Crippen molar-refractivity contribution in [3.05, 3.63) is 29.8 Å². The van der Waals surface area contributed by atoms with Crippen LogP contribution in [0.15, 0.2) is 24.3 Å². The van der Waals surface area contributed by atoms with Crippen LogP contribution in [0.3, 0.4) is 0 Å². The molecule has 0 aliphatic rings. The lowest BCUT2D eigenvalue weighted by Crippen LogP contribution is -2.16. The van der Waals surface area contributed by atoms with Gasteiger partial charge in [-0.25, -0.2) is 0 Å². The topological polar surface area (TPSA) is 9.23 Å². The second-order valence-electron chi connectivity index (χ2n) is 2.45. The fourth-order valence-corrected chi connectivity index (χ4v) is 0.884. The van der Waals surface area contributed by atoms with E-state index >= 15 is 0 Å². The highest BCUT2D eigenvalue weighted by Gasteiger charge is 2.30. The Balaban J connectivity index is 2.77. The molecule has 0 aromatic heterocycles. The lowest BCUT2D eigenvalue weighted by molar-refractivity contribution is -0.274. The van der Waals surface area contributed by atoms with Gasteiger partial charge in [-0.3, -0.25) is 0 Å². The number of hydrogen-bond acceptors (Lipinski definition) is 1. The molecule has 0 N–H and O–H groups in total. The van der Waals surface area contributed by atoms with Gasteiger partial charge in [0.05, 0.1) is 0 Å². The van der Waals surface area contributed by atoms with Crippen LogP contribution in [0.25, 0.3) is 0 Å². The van der Waals surface area contributed by atoms with Gasteiger partial charge in [0.15, 0.2) is 0 Å². The van der Waals surface area contributed by atoms with Crippen LogP contribution in [0.4, 0.5) is 13.2 Å². The van der Waals surface area contributed by atoms with Crippen molar-refractivity contribution in [3.8, 4) is 17.6 Å². The second kappa shape index (κ2) is 4.05. The van der Waals surface area contributed by atoms with Crippen molar-refractivity contribution >= 4 is 0 Å². The molecule has 0 radical (unpaired) electrons. The summed E-state index contributed by atoms with van der Waals surface area (Å²) in [7, 11) is 0. The minimum atomic E-state index is -4.64. The maximum Gasteiger partial charge on any atom is 0.573 e. The summed E-state index contributed by atoms with van der Waals surface area (Å²) >= 11 is 0. The van der Waals surface area contributed by atoms with E-state index in [9.17, 15) is 13.2 Å². The van der Waals surface area contributed by atoms with Gasteiger partial charge in [0, 0.05) is 5.56 Å². The first-order chi connectivity index (χ1) is 6.51. The predicted molar refractivity (Wildman–Crippen MR) is 45.7 cm³/mol. The summed E-state index contributed by atoms with van der Waals surface area (Å²) in [5, 5.41) is 0.